The van der Waals surface area contributed by atoms with Crippen molar-refractivity contribution in [1.29, 1.82) is 0 Å². The summed E-state index contributed by atoms with van der Waals surface area (Å²) in [5.74, 6) is -1.05. The zero-order valence-corrected chi connectivity index (χ0v) is 8.48. The van der Waals surface area contributed by atoms with Crippen LogP contribution < -0.4 is 0 Å². The fraction of sp³-hybridized carbons (Fsp3) is 0.400. The number of likely N-dealkylation sites (N-methyl/N-ethyl adjacent to an activating group) is 1. The maximum absolute atomic E-state index is 12.7. The Morgan fingerprint density at radius 1 is 1.60 bits per heavy atom. The predicted octanol–water partition coefficient (Wildman–Crippen LogP) is 0.675. The lowest BCUT2D eigenvalue weighted by Crippen LogP contribution is -2.33. The summed E-state index contributed by atoms with van der Waals surface area (Å²) >= 11 is 0. The molecule has 0 atom stereocenters. The van der Waals surface area contributed by atoms with E-state index in [-0.39, 0.29) is 24.8 Å². The summed E-state index contributed by atoms with van der Waals surface area (Å²) < 4.78 is 12.7. The third-order valence-electron chi connectivity index (χ3n) is 1.97. The molecule has 5 heteroatoms. The summed E-state index contributed by atoms with van der Waals surface area (Å²) in [5, 5.41) is 8.73. The average Bonchev–Trinajstić information content (AvgIpc) is 2.25. The molecule has 0 spiro atoms. The van der Waals surface area contributed by atoms with Crippen LogP contribution >= 0.6 is 0 Å². The number of pyridine rings is 1. The number of aliphatic hydroxyl groups excluding tert-OH is 1. The molecule has 0 aliphatic rings. The molecular weight excluding hydrogens is 199 g/mol. The first-order valence-electron chi connectivity index (χ1n) is 4.71. The van der Waals surface area contributed by atoms with Crippen LogP contribution in [0.3, 0.4) is 0 Å². The molecular formula is C10H13FN2O2. The molecule has 1 rings (SSSR count). The van der Waals surface area contributed by atoms with Crippen molar-refractivity contribution in [1.82, 2.24) is 9.88 Å². The van der Waals surface area contributed by atoms with E-state index in [4.69, 9.17) is 5.11 Å². The number of hydrogen-bond acceptors (Lipinski definition) is 3. The number of aromatic nitrogens is 1. The Balaban J connectivity index is 2.82. The van der Waals surface area contributed by atoms with Crippen LogP contribution in [-0.2, 0) is 0 Å². The van der Waals surface area contributed by atoms with Crippen LogP contribution in [0.5, 0.6) is 0 Å². The Morgan fingerprint density at radius 2 is 2.33 bits per heavy atom. The van der Waals surface area contributed by atoms with E-state index < -0.39 is 5.95 Å². The Kier molecular flexibility index (Phi) is 4.17. The summed E-state index contributed by atoms with van der Waals surface area (Å²) in [6.07, 6.45) is 0. The van der Waals surface area contributed by atoms with Gasteiger partial charge in [0.2, 0.25) is 5.95 Å². The Hall–Kier alpha value is -1.49. The quantitative estimate of drug-likeness (QED) is 0.746. The third-order valence-corrected chi connectivity index (χ3v) is 1.97. The Bertz CT molecular complexity index is 344. The molecule has 0 bridgehead atoms. The number of hydrogen-bond donors (Lipinski definition) is 1. The monoisotopic (exact) mass is 212 g/mol. The first-order valence-corrected chi connectivity index (χ1v) is 4.71. The van der Waals surface area contributed by atoms with Gasteiger partial charge in [0.15, 0.2) is 0 Å². The summed E-state index contributed by atoms with van der Waals surface area (Å²) in [6, 6.07) is 4.06. The van der Waals surface area contributed by atoms with E-state index in [0.717, 1.165) is 0 Å². The van der Waals surface area contributed by atoms with Gasteiger partial charge in [-0.1, -0.05) is 6.07 Å². The van der Waals surface area contributed by atoms with Gasteiger partial charge in [0, 0.05) is 13.1 Å². The van der Waals surface area contributed by atoms with Crippen LogP contribution in [0.2, 0.25) is 0 Å². The smallest absolute Gasteiger partial charge is 0.272 e. The molecule has 1 N–H and O–H groups in total. The van der Waals surface area contributed by atoms with Crippen LogP contribution in [0.1, 0.15) is 17.4 Å². The maximum atomic E-state index is 12.7. The van der Waals surface area contributed by atoms with Crippen molar-refractivity contribution in [2.24, 2.45) is 0 Å². The normalized spacial score (nSPS) is 10.1. The number of aliphatic hydroxyl groups is 1. The van der Waals surface area contributed by atoms with Crippen LogP contribution in [0.25, 0.3) is 0 Å². The summed E-state index contributed by atoms with van der Waals surface area (Å²) in [5.41, 5.74) is 0.0605. The lowest BCUT2D eigenvalue weighted by atomic mass is 10.3. The molecule has 0 saturated carbocycles. The second kappa shape index (κ2) is 5.41. The molecule has 1 amide bonds. The van der Waals surface area contributed by atoms with E-state index >= 15 is 0 Å². The molecule has 0 aliphatic heterocycles. The largest absolute Gasteiger partial charge is 0.395 e. The van der Waals surface area contributed by atoms with Gasteiger partial charge in [0.25, 0.3) is 5.91 Å². The molecule has 1 aromatic heterocycles. The van der Waals surface area contributed by atoms with Gasteiger partial charge in [-0.15, -0.1) is 0 Å². The molecule has 1 heterocycles. The number of halogens is 1. The van der Waals surface area contributed by atoms with Crippen molar-refractivity contribution in [3.05, 3.63) is 29.8 Å². The molecule has 0 radical (unpaired) electrons. The minimum absolute atomic E-state index is 0.0605. The van der Waals surface area contributed by atoms with Gasteiger partial charge in [-0.25, -0.2) is 4.98 Å². The first kappa shape index (κ1) is 11.6. The molecule has 0 fully saturated rings. The second-order valence-corrected chi connectivity index (χ2v) is 2.95. The topological polar surface area (TPSA) is 53.4 Å². The van der Waals surface area contributed by atoms with Crippen molar-refractivity contribution in [2.75, 3.05) is 19.7 Å². The highest BCUT2D eigenvalue weighted by Gasteiger charge is 2.14. The number of amides is 1. The first-order chi connectivity index (χ1) is 7.19. The van der Waals surface area contributed by atoms with Gasteiger partial charge >= 0.3 is 0 Å². The van der Waals surface area contributed by atoms with Crippen LogP contribution in [-0.4, -0.2) is 40.6 Å². The SMILES string of the molecule is CCN(CCO)C(=O)c1cccc(F)n1. The standard InChI is InChI=1S/C10H13FN2O2/c1-2-13(6-7-14)10(15)8-4-3-5-9(11)12-8/h3-5,14H,2,6-7H2,1H3. The van der Waals surface area contributed by atoms with Crippen molar-refractivity contribution in [3.63, 3.8) is 0 Å². The number of carbonyl (C=O) groups is 1. The molecule has 0 aliphatic carbocycles. The zero-order chi connectivity index (χ0) is 11.3. The van der Waals surface area contributed by atoms with Crippen LogP contribution in [0.4, 0.5) is 4.39 Å². The van der Waals surface area contributed by atoms with E-state index in [9.17, 15) is 9.18 Å². The summed E-state index contributed by atoms with van der Waals surface area (Å²) in [6.45, 7) is 2.35. The van der Waals surface area contributed by atoms with Gasteiger partial charge < -0.3 is 10.0 Å². The van der Waals surface area contributed by atoms with Gasteiger partial charge in [-0.3, -0.25) is 4.79 Å². The van der Waals surface area contributed by atoms with E-state index in [1.807, 2.05) is 0 Å². The molecule has 0 aromatic carbocycles. The van der Waals surface area contributed by atoms with Crippen molar-refractivity contribution in [3.8, 4) is 0 Å². The van der Waals surface area contributed by atoms with E-state index in [0.29, 0.717) is 6.54 Å². The molecule has 0 saturated heterocycles. The minimum atomic E-state index is -0.680. The Morgan fingerprint density at radius 3 is 2.87 bits per heavy atom. The number of rotatable bonds is 4. The van der Waals surface area contributed by atoms with Gasteiger partial charge in [0.1, 0.15) is 5.69 Å². The average molecular weight is 212 g/mol. The highest BCUT2D eigenvalue weighted by molar-refractivity contribution is 5.92. The molecule has 0 unspecified atom stereocenters. The lowest BCUT2D eigenvalue weighted by Gasteiger charge is -2.18. The Labute approximate surface area is 87.4 Å². The fourth-order valence-corrected chi connectivity index (χ4v) is 1.21. The van der Waals surface area contributed by atoms with E-state index in [1.165, 1.54) is 23.1 Å². The lowest BCUT2D eigenvalue weighted by molar-refractivity contribution is 0.0725. The highest BCUT2D eigenvalue weighted by Crippen LogP contribution is 2.02. The maximum Gasteiger partial charge on any atom is 0.272 e. The molecule has 15 heavy (non-hydrogen) atoms. The van der Waals surface area contributed by atoms with Crippen LogP contribution in [0, 0.1) is 5.95 Å². The van der Waals surface area contributed by atoms with Crippen molar-refractivity contribution in [2.45, 2.75) is 6.92 Å². The van der Waals surface area contributed by atoms with Crippen LogP contribution in [0.15, 0.2) is 18.2 Å². The third kappa shape index (κ3) is 2.99. The zero-order valence-electron chi connectivity index (χ0n) is 8.48. The molecule has 1 aromatic rings. The van der Waals surface area contributed by atoms with E-state index in [1.54, 1.807) is 6.92 Å². The number of nitrogens with zero attached hydrogens (tertiary/aromatic N) is 2. The second-order valence-electron chi connectivity index (χ2n) is 2.95. The highest BCUT2D eigenvalue weighted by atomic mass is 19.1. The summed E-state index contributed by atoms with van der Waals surface area (Å²) in [7, 11) is 0. The van der Waals surface area contributed by atoms with E-state index in [2.05, 4.69) is 4.98 Å². The summed E-state index contributed by atoms with van der Waals surface area (Å²) in [4.78, 5) is 16.6. The van der Waals surface area contributed by atoms with Gasteiger partial charge in [-0.2, -0.15) is 4.39 Å². The van der Waals surface area contributed by atoms with Gasteiger partial charge in [0.05, 0.1) is 6.61 Å². The minimum Gasteiger partial charge on any atom is -0.395 e. The van der Waals surface area contributed by atoms with Crippen molar-refractivity contribution < 1.29 is 14.3 Å². The predicted molar refractivity (Wildman–Crippen MR) is 52.9 cm³/mol. The fourth-order valence-electron chi connectivity index (χ4n) is 1.21. The number of carbonyl (C=O) groups excluding carboxylic acids is 1. The molecule has 82 valence electrons. The molecule has 4 nitrogen and oxygen atoms in total. The van der Waals surface area contributed by atoms with Crippen molar-refractivity contribution >= 4 is 5.91 Å². The van der Waals surface area contributed by atoms with Gasteiger partial charge in [-0.05, 0) is 19.1 Å².